The summed E-state index contributed by atoms with van der Waals surface area (Å²) in [6.07, 6.45) is 4.51. The summed E-state index contributed by atoms with van der Waals surface area (Å²) in [4.78, 5) is 7.08. The van der Waals surface area contributed by atoms with Gasteiger partial charge in [-0.3, -0.25) is 0 Å². The molecule has 0 amide bonds. The van der Waals surface area contributed by atoms with Gasteiger partial charge in [0.25, 0.3) is 0 Å². The molecule has 0 saturated heterocycles. The van der Waals surface area contributed by atoms with Crippen LogP contribution in [0.3, 0.4) is 0 Å². The predicted molar refractivity (Wildman–Crippen MR) is 58.6 cm³/mol. The van der Waals surface area contributed by atoms with Gasteiger partial charge in [-0.15, -0.1) is 0 Å². The molecule has 0 fully saturated rings. The number of halogens is 1. The number of aliphatic hydroxyl groups excluding tert-OH is 1. The minimum Gasteiger partial charge on any atom is -0.506 e. The lowest BCUT2D eigenvalue weighted by molar-refractivity contribution is 0.511. The van der Waals surface area contributed by atoms with Crippen LogP contribution < -0.4 is 5.73 Å². The molecule has 72 valence electrons. The molecule has 2 aromatic heterocycles. The van der Waals surface area contributed by atoms with Crippen molar-refractivity contribution in [3.05, 3.63) is 34.7 Å². The van der Waals surface area contributed by atoms with Crippen LogP contribution in [-0.2, 0) is 0 Å². The Morgan fingerprint density at radius 1 is 1.64 bits per heavy atom. The van der Waals surface area contributed by atoms with Crippen LogP contribution in [0, 0.1) is 0 Å². The molecule has 14 heavy (non-hydrogen) atoms. The summed E-state index contributed by atoms with van der Waals surface area (Å²) in [6, 6.07) is 1.87. The number of rotatable bonds is 1. The second kappa shape index (κ2) is 3.34. The lowest BCUT2D eigenvalue weighted by atomic mass is 10.2. The van der Waals surface area contributed by atoms with E-state index in [2.05, 4.69) is 25.9 Å². The fourth-order valence-corrected chi connectivity index (χ4v) is 1.61. The maximum absolute atomic E-state index is 9.48. The first kappa shape index (κ1) is 9.08. The quantitative estimate of drug-likeness (QED) is 0.682. The fraction of sp³-hybridized carbons (Fsp3) is 0. The summed E-state index contributed by atoms with van der Waals surface area (Å²) >= 11 is 3.31. The average Bonchev–Trinajstić information content (AvgIpc) is 2.59. The molecule has 0 saturated carbocycles. The Bertz CT molecular complexity index is 504. The Kier molecular flexibility index (Phi) is 2.17. The zero-order valence-electron chi connectivity index (χ0n) is 7.16. The number of nitrogens with one attached hydrogen (secondary N) is 1. The third-order valence-corrected chi connectivity index (χ3v) is 2.37. The number of fused-ring (bicyclic) bond motifs is 1. The molecular formula is C9H8BrN3O. The first-order valence-electron chi connectivity index (χ1n) is 3.96. The van der Waals surface area contributed by atoms with Crippen molar-refractivity contribution in [3.8, 4) is 0 Å². The lowest BCUT2D eigenvalue weighted by Crippen LogP contribution is -1.86. The lowest BCUT2D eigenvalue weighted by Gasteiger charge is -1.96. The highest BCUT2D eigenvalue weighted by Crippen LogP contribution is 2.24. The molecular weight excluding hydrogens is 246 g/mol. The normalized spacial score (nSPS) is 12.2. The van der Waals surface area contributed by atoms with Crippen molar-refractivity contribution < 1.29 is 5.11 Å². The Labute approximate surface area is 88.6 Å². The minimum atomic E-state index is 0.0381. The summed E-state index contributed by atoms with van der Waals surface area (Å²) in [5, 5.41) is 10.3. The monoisotopic (exact) mass is 253 g/mol. The van der Waals surface area contributed by atoms with Gasteiger partial charge < -0.3 is 15.8 Å². The number of pyridine rings is 1. The molecule has 0 radical (unpaired) electrons. The fourth-order valence-electron chi connectivity index (χ4n) is 1.28. The molecule has 0 aliphatic carbocycles. The van der Waals surface area contributed by atoms with Crippen LogP contribution in [0.4, 0.5) is 0 Å². The minimum absolute atomic E-state index is 0.0381. The van der Waals surface area contributed by atoms with E-state index in [-0.39, 0.29) is 5.76 Å². The predicted octanol–water partition coefficient (Wildman–Crippen LogP) is 2.14. The first-order chi connectivity index (χ1) is 6.72. The molecule has 2 aromatic rings. The Morgan fingerprint density at radius 2 is 2.43 bits per heavy atom. The van der Waals surface area contributed by atoms with E-state index in [1.165, 1.54) is 0 Å². The zero-order chi connectivity index (χ0) is 10.1. The molecule has 0 aliphatic heterocycles. The number of aromatic nitrogens is 2. The molecule has 0 aliphatic rings. The van der Waals surface area contributed by atoms with E-state index in [0.29, 0.717) is 5.56 Å². The Hall–Kier alpha value is -1.49. The van der Waals surface area contributed by atoms with Crippen LogP contribution >= 0.6 is 15.9 Å². The standard InChI is InChI=1S/C9H8BrN3O/c10-5-1-6-7(8(14)2-11)4-13-9(6)12-3-5/h1-4,14H,11H2,(H,12,13)/b8-2-. The van der Waals surface area contributed by atoms with Crippen LogP contribution in [0.5, 0.6) is 0 Å². The third-order valence-electron chi connectivity index (χ3n) is 1.93. The second-order valence-corrected chi connectivity index (χ2v) is 3.72. The largest absolute Gasteiger partial charge is 0.506 e. The average molecular weight is 254 g/mol. The Morgan fingerprint density at radius 3 is 3.14 bits per heavy atom. The van der Waals surface area contributed by atoms with Gasteiger partial charge in [0.1, 0.15) is 11.4 Å². The highest BCUT2D eigenvalue weighted by Gasteiger charge is 2.07. The molecule has 2 heterocycles. The topological polar surface area (TPSA) is 74.9 Å². The van der Waals surface area contributed by atoms with Gasteiger partial charge in [0.2, 0.25) is 0 Å². The van der Waals surface area contributed by atoms with Gasteiger partial charge in [0.15, 0.2) is 0 Å². The van der Waals surface area contributed by atoms with Crippen LogP contribution in [0.25, 0.3) is 16.8 Å². The highest BCUT2D eigenvalue weighted by atomic mass is 79.9. The maximum atomic E-state index is 9.48. The Balaban J connectivity index is 2.73. The third kappa shape index (κ3) is 1.35. The van der Waals surface area contributed by atoms with Crippen LogP contribution in [-0.4, -0.2) is 15.1 Å². The molecule has 5 heteroatoms. The molecule has 4 nitrogen and oxygen atoms in total. The van der Waals surface area contributed by atoms with Gasteiger partial charge in [0, 0.05) is 34.0 Å². The van der Waals surface area contributed by atoms with Crippen molar-refractivity contribution >= 4 is 32.7 Å². The van der Waals surface area contributed by atoms with Gasteiger partial charge in [-0.2, -0.15) is 0 Å². The van der Waals surface area contributed by atoms with Crippen molar-refractivity contribution in [3.63, 3.8) is 0 Å². The van der Waals surface area contributed by atoms with Crippen molar-refractivity contribution in [1.29, 1.82) is 0 Å². The summed E-state index contributed by atoms with van der Waals surface area (Å²) in [5.41, 5.74) is 6.60. The molecule has 0 spiro atoms. The molecule has 4 N–H and O–H groups in total. The smallest absolute Gasteiger partial charge is 0.140 e. The van der Waals surface area contributed by atoms with Gasteiger partial charge in [-0.1, -0.05) is 0 Å². The van der Waals surface area contributed by atoms with Crippen LogP contribution in [0.1, 0.15) is 5.56 Å². The highest BCUT2D eigenvalue weighted by molar-refractivity contribution is 9.10. The van der Waals surface area contributed by atoms with E-state index in [1.54, 1.807) is 12.4 Å². The van der Waals surface area contributed by atoms with Crippen LogP contribution in [0.2, 0.25) is 0 Å². The van der Waals surface area contributed by atoms with E-state index < -0.39 is 0 Å². The van der Waals surface area contributed by atoms with Crippen molar-refractivity contribution in [2.45, 2.75) is 0 Å². The van der Waals surface area contributed by atoms with Crippen molar-refractivity contribution in [2.75, 3.05) is 0 Å². The number of hydrogen-bond acceptors (Lipinski definition) is 3. The molecule has 0 atom stereocenters. The number of aromatic amines is 1. The SMILES string of the molecule is N/C=C(\O)c1c[nH]c2ncc(Br)cc12. The summed E-state index contributed by atoms with van der Waals surface area (Å²) in [5.74, 6) is 0.0381. The second-order valence-electron chi connectivity index (χ2n) is 2.80. The summed E-state index contributed by atoms with van der Waals surface area (Å²) in [7, 11) is 0. The maximum Gasteiger partial charge on any atom is 0.140 e. The molecule has 0 unspecified atom stereocenters. The van der Waals surface area contributed by atoms with Crippen molar-refractivity contribution in [2.24, 2.45) is 5.73 Å². The number of aliphatic hydroxyl groups is 1. The van der Waals surface area contributed by atoms with Crippen molar-refractivity contribution in [1.82, 2.24) is 9.97 Å². The zero-order valence-corrected chi connectivity index (χ0v) is 8.75. The van der Waals surface area contributed by atoms with Gasteiger partial charge in [-0.05, 0) is 22.0 Å². The molecule has 2 rings (SSSR count). The number of nitrogens with two attached hydrogens (primary N) is 1. The summed E-state index contributed by atoms with van der Waals surface area (Å²) in [6.45, 7) is 0. The van der Waals surface area contributed by atoms with E-state index in [9.17, 15) is 5.11 Å². The molecule has 0 bridgehead atoms. The van der Waals surface area contributed by atoms with E-state index >= 15 is 0 Å². The van der Waals surface area contributed by atoms with Gasteiger partial charge in [-0.25, -0.2) is 4.98 Å². The number of H-pyrrole nitrogens is 1. The van der Waals surface area contributed by atoms with Gasteiger partial charge in [0.05, 0.1) is 0 Å². The number of nitrogens with zero attached hydrogens (tertiary/aromatic N) is 1. The first-order valence-corrected chi connectivity index (χ1v) is 4.75. The number of hydrogen-bond donors (Lipinski definition) is 3. The van der Waals surface area contributed by atoms with E-state index in [4.69, 9.17) is 5.73 Å². The van der Waals surface area contributed by atoms with E-state index in [0.717, 1.165) is 21.7 Å². The molecule has 0 aromatic carbocycles. The summed E-state index contributed by atoms with van der Waals surface area (Å²) < 4.78 is 0.857. The van der Waals surface area contributed by atoms with Gasteiger partial charge >= 0.3 is 0 Å². The van der Waals surface area contributed by atoms with Crippen LogP contribution in [0.15, 0.2) is 29.1 Å². The van der Waals surface area contributed by atoms with E-state index in [1.807, 2.05) is 6.07 Å².